The summed E-state index contributed by atoms with van der Waals surface area (Å²) in [7, 11) is 0. The Morgan fingerprint density at radius 1 is 0.417 bits per heavy atom. The van der Waals surface area contributed by atoms with E-state index in [2.05, 4.69) is 0 Å². The van der Waals surface area contributed by atoms with Gasteiger partial charge in [0.1, 0.15) is 0 Å². The highest BCUT2D eigenvalue weighted by atomic mass is 16.4. The fourth-order valence-corrected chi connectivity index (χ4v) is 5.56. The van der Waals surface area contributed by atoms with E-state index in [1.54, 1.807) is 91.0 Å². The molecule has 3 atom stereocenters. The van der Waals surface area contributed by atoms with Crippen LogP contribution in [0.15, 0.2) is 91.0 Å². The van der Waals surface area contributed by atoms with Gasteiger partial charge in [-0.25, -0.2) is 0 Å². The molecule has 0 aromatic heterocycles. The molecular formula is C35H36N3O10-5. The van der Waals surface area contributed by atoms with Crippen molar-refractivity contribution in [2.45, 2.75) is 37.4 Å². The lowest BCUT2D eigenvalue weighted by Crippen LogP contribution is -2.58. The zero-order chi connectivity index (χ0) is 35.1. The molecule has 0 aliphatic heterocycles. The number of rotatable bonds is 22. The molecule has 13 nitrogen and oxygen atoms in total. The van der Waals surface area contributed by atoms with Gasteiger partial charge in [-0.3, -0.25) is 14.7 Å². The Kier molecular flexibility index (Phi) is 14.7. The number of carboxylic acids is 5. The minimum absolute atomic E-state index is 0.0774. The second kappa shape index (κ2) is 18.9. The first-order valence-electron chi connectivity index (χ1n) is 15.3. The van der Waals surface area contributed by atoms with Crippen LogP contribution in [0.2, 0.25) is 0 Å². The number of aliphatic carboxylic acids is 5. The van der Waals surface area contributed by atoms with Gasteiger partial charge in [0.25, 0.3) is 0 Å². The van der Waals surface area contributed by atoms with E-state index in [0.29, 0.717) is 16.7 Å². The lowest BCUT2D eigenvalue weighted by molar-refractivity contribution is -0.317. The minimum atomic E-state index is -1.57. The molecule has 0 bridgehead atoms. The van der Waals surface area contributed by atoms with Crippen molar-refractivity contribution >= 4 is 29.8 Å². The Hall–Kier alpha value is -5.11. The van der Waals surface area contributed by atoms with Crippen molar-refractivity contribution in [2.75, 3.05) is 39.3 Å². The molecule has 13 heteroatoms. The van der Waals surface area contributed by atoms with E-state index in [4.69, 9.17) is 0 Å². The summed E-state index contributed by atoms with van der Waals surface area (Å²) in [5.74, 6) is -7.74. The molecule has 0 amide bonds. The van der Waals surface area contributed by atoms with Gasteiger partial charge in [-0.2, -0.15) is 0 Å². The number of hydrogen-bond donors (Lipinski definition) is 0. The van der Waals surface area contributed by atoms with Crippen molar-refractivity contribution in [1.82, 2.24) is 14.7 Å². The first-order valence-corrected chi connectivity index (χ1v) is 15.3. The minimum Gasteiger partial charge on any atom is -0.549 e. The monoisotopic (exact) mass is 658 g/mol. The van der Waals surface area contributed by atoms with Crippen LogP contribution >= 0.6 is 0 Å². The number of carboxylic acid groups (broad SMARTS) is 5. The molecule has 3 aromatic rings. The van der Waals surface area contributed by atoms with Crippen molar-refractivity contribution in [1.29, 1.82) is 0 Å². The van der Waals surface area contributed by atoms with Gasteiger partial charge in [-0.15, -0.1) is 0 Å². The predicted molar refractivity (Wildman–Crippen MR) is 162 cm³/mol. The van der Waals surface area contributed by atoms with E-state index in [1.807, 2.05) is 0 Å². The van der Waals surface area contributed by atoms with E-state index in [0.717, 1.165) is 9.80 Å². The fourth-order valence-electron chi connectivity index (χ4n) is 5.56. The maximum atomic E-state index is 12.6. The van der Waals surface area contributed by atoms with Crippen molar-refractivity contribution in [3.63, 3.8) is 0 Å². The summed E-state index contributed by atoms with van der Waals surface area (Å²) in [6.07, 6.45) is -0.306. The lowest BCUT2D eigenvalue weighted by atomic mass is 10.0. The molecule has 0 radical (unpaired) electrons. The van der Waals surface area contributed by atoms with E-state index < -0.39 is 61.1 Å². The van der Waals surface area contributed by atoms with Crippen molar-refractivity contribution in [3.05, 3.63) is 108 Å². The van der Waals surface area contributed by atoms with Crippen molar-refractivity contribution in [2.24, 2.45) is 0 Å². The topological polar surface area (TPSA) is 210 Å². The molecule has 3 aromatic carbocycles. The van der Waals surface area contributed by atoms with Crippen LogP contribution in [0.25, 0.3) is 0 Å². The number of carbonyl (C=O) groups excluding carboxylic acids is 5. The highest BCUT2D eigenvalue weighted by Gasteiger charge is 2.27. The number of benzene rings is 3. The molecule has 0 aliphatic carbocycles. The molecule has 0 spiro atoms. The summed E-state index contributed by atoms with van der Waals surface area (Å²) in [5, 5.41) is 60.5. The Balaban J connectivity index is 1.93. The molecule has 0 saturated carbocycles. The van der Waals surface area contributed by atoms with Gasteiger partial charge in [0.05, 0.1) is 48.0 Å². The largest absolute Gasteiger partial charge is 0.549 e. The third kappa shape index (κ3) is 12.2. The fraction of sp³-hybridized carbons (Fsp3) is 0.343. The van der Waals surface area contributed by atoms with Crippen LogP contribution in [0.1, 0.15) is 16.7 Å². The summed E-state index contributed by atoms with van der Waals surface area (Å²) in [6, 6.07) is 21.2. The van der Waals surface area contributed by atoms with E-state index in [-0.39, 0.29) is 45.4 Å². The summed E-state index contributed by atoms with van der Waals surface area (Å²) >= 11 is 0. The lowest BCUT2D eigenvalue weighted by Gasteiger charge is -2.39. The van der Waals surface area contributed by atoms with Crippen molar-refractivity contribution < 1.29 is 49.5 Å². The third-order valence-corrected chi connectivity index (χ3v) is 7.97. The summed E-state index contributed by atoms with van der Waals surface area (Å²) in [5.41, 5.74) is 1.80. The van der Waals surface area contributed by atoms with Gasteiger partial charge in [-0.05, 0) is 36.0 Å². The maximum Gasteiger partial charge on any atom is 0.0590 e. The second-order valence-electron chi connectivity index (χ2n) is 11.3. The number of carbonyl (C=O) groups is 5. The predicted octanol–water partition coefficient (Wildman–Crippen LogP) is -4.52. The Morgan fingerprint density at radius 3 is 0.917 bits per heavy atom. The molecule has 0 N–H and O–H groups in total. The molecular weight excluding hydrogens is 622 g/mol. The molecule has 0 heterocycles. The number of hydrogen-bond acceptors (Lipinski definition) is 13. The highest BCUT2D eigenvalue weighted by Crippen LogP contribution is 2.15. The standard InChI is InChI=1S/C35H41N3O10/c39-31(40)23-37(29(34(45)46)21-26-12-6-2-7-13-26)18-16-36(28(33(43)44)20-25-10-4-1-5-11-25)17-19-38(24-32(41)42)30(35(47)48)22-27-14-8-3-9-15-27/h1-15,28-30H,16-24H2,(H,39,40)(H,41,42)(H,43,44)(H,45,46)(H,47,48)/p-5/t28-,29-,30-/m0/s1. The van der Waals surface area contributed by atoms with Crippen LogP contribution < -0.4 is 25.5 Å². The molecule has 48 heavy (non-hydrogen) atoms. The smallest absolute Gasteiger partial charge is 0.0590 e. The van der Waals surface area contributed by atoms with Crippen LogP contribution in [-0.4, -0.2) is 102 Å². The normalized spacial score (nSPS) is 13.2. The van der Waals surface area contributed by atoms with Gasteiger partial charge in [-0.1, -0.05) is 91.0 Å². The average molecular weight is 659 g/mol. The molecule has 3 rings (SSSR count). The first-order chi connectivity index (χ1) is 22.9. The Bertz CT molecular complexity index is 1410. The summed E-state index contributed by atoms with van der Waals surface area (Å²) in [6.45, 7) is -2.65. The van der Waals surface area contributed by atoms with Crippen LogP contribution in [-0.2, 0) is 43.2 Å². The highest BCUT2D eigenvalue weighted by molar-refractivity contribution is 5.75. The van der Waals surface area contributed by atoms with Gasteiger partial charge in [0.15, 0.2) is 0 Å². The zero-order valence-corrected chi connectivity index (χ0v) is 26.2. The van der Waals surface area contributed by atoms with E-state index >= 15 is 0 Å². The molecule has 0 fully saturated rings. The Labute approximate surface area is 278 Å². The van der Waals surface area contributed by atoms with Crippen LogP contribution in [0.4, 0.5) is 0 Å². The van der Waals surface area contributed by atoms with Gasteiger partial charge in [0.2, 0.25) is 0 Å². The van der Waals surface area contributed by atoms with Crippen LogP contribution in [0.3, 0.4) is 0 Å². The molecule has 256 valence electrons. The molecule has 0 aliphatic rings. The molecule has 0 saturated heterocycles. The van der Waals surface area contributed by atoms with Gasteiger partial charge in [0, 0.05) is 39.3 Å². The Morgan fingerprint density at radius 2 is 0.667 bits per heavy atom. The van der Waals surface area contributed by atoms with Gasteiger partial charge >= 0.3 is 0 Å². The molecule has 0 unspecified atom stereocenters. The van der Waals surface area contributed by atoms with Crippen LogP contribution in [0.5, 0.6) is 0 Å². The van der Waals surface area contributed by atoms with E-state index in [1.165, 1.54) is 4.90 Å². The van der Waals surface area contributed by atoms with Gasteiger partial charge < -0.3 is 49.5 Å². The van der Waals surface area contributed by atoms with E-state index in [9.17, 15) is 49.5 Å². The maximum absolute atomic E-state index is 12.6. The number of nitrogens with zero attached hydrogens (tertiary/aromatic N) is 3. The SMILES string of the molecule is O=C([O-])CN(CCN(CCN(CC(=O)[O-])[C@@H](Cc1ccccc1)C(=O)[O-])[C@@H](Cc1ccccc1)C(=O)[O-])[C@@H](Cc1ccccc1)C(=O)[O-]. The van der Waals surface area contributed by atoms with Crippen molar-refractivity contribution in [3.8, 4) is 0 Å². The quantitative estimate of drug-likeness (QED) is 0.0997. The van der Waals surface area contributed by atoms with Crippen LogP contribution in [0, 0.1) is 0 Å². The zero-order valence-electron chi connectivity index (χ0n) is 26.2. The summed E-state index contributed by atoms with van der Waals surface area (Å²) in [4.78, 5) is 64.0. The second-order valence-corrected chi connectivity index (χ2v) is 11.3. The summed E-state index contributed by atoms with van der Waals surface area (Å²) < 4.78 is 0. The first kappa shape index (κ1) is 37.3. The average Bonchev–Trinajstić information content (AvgIpc) is 3.05. The third-order valence-electron chi connectivity index (χ3n) is 7.97.